The largest absolute Gasteiger partial charge is 0.340 e. The molecule has 0 radical (unpaired) electrons. The molecule has 7 rings (SSSR count). The number of ketones is 1. The number of nitrogens with one attached hydrogen (secondary N) is 1. The normalized spacial score (nSPS) is 19.4. The highest BCUT2D eigenvalue weighted by atomic mass is 16.1. The number of rotatable bonds is 6. The van der Waals surface area contributed by atoms with E-state index in [1.165, 1.54) is 12.0 Å². The van der Waals surface area contributed by atoms with Crippen LogP contribution < -0.4 is 15.8 Å². The molecule has 1 fully saturated rings. The van der Waals surface area contributed by atoms with Crippen LogP contribution in [0, 0.1) is 5.41 Å². The van der Waals surface area contributed by atoms with Gasteiger partial charge in [0.1, 0.15) is 11.3 Å². The van der Waals surface area contributed by atoms with E-state index in [2.05, 4.69) is 46.5 Å². The van der Waals surface area contributed by atoms with E-state index in [0.717, 1.165) is 41.0 Å². The Labute approximate surface area is 263 Å². The Balaban J connectivity index is 1.33. The topological polar surface area (TPSA) is 83.4 Å². The second-order valence-corrected chi connectivity index (χ2v) is 13.0. The Morgan fingerprint density at radius 2 is 1.69 bits per heavy atom. The molecular weight excluding hydrogens is 560 g/mol. The van der Waals surface area contributed by atoms with Gasteiger partial charge in [-0.15, -0.1) is 0 Å². The number of hydrogen-bond donors (Lipinski definition) is 1. The Morgan fingerprint density at radius 3 is 2.42 bits per heavy atom. The lowest BCUT2D eigenvalue weighted by Crippen LogP contribution is -2.45. The van der Waals surface area contributed by atoms with Crippen molar-refractivity contribution in [3.63, 3.8) is 0 Å². The Morgan fingerprint density at radius 1 is 0.956 bits per heavy atom. The zero-order valence-electron chi connectivity index (χ0n) is 26.2. The molecule has 1 saturated heterocycles. The fraction of sp³-hybridized carbons (Fsp3) is 0.297. The maximum Gasteiger partial charge on any atom is 0.276 e. The van der Waals surface area contributed by atoms with Crippen LogP contribution in [0.2, 0.25) is 0 Å². The standard InChI is InChI=1S/C37H38N6O2/c1-37(2)32(21-25-10-8-9-13-30(25)33(37)44)43-34-27(20-31(35(43)45)42(4)29-11-6-5-7-12-29)22-38-36(40-34)39-28-16-14-24(15-17-28)26-18-19-41(3)23-26/h5-17,20,22,26,32H,18-19,21,23H2,1-4H3,(H,38,39,40). The first-order valence-electron chi connectivity index (χ1n) is 15.6. The van der Waals surface area contributed by atoms with Crippen LogP contribution in [0.5, 0.6) is 0 Å². The Kier molecular flexibility index (Phi) is 7.25. The first kappa shape index (κ1) is 28.9. The number of para-hydroxylation sites is 1. The van der Waals surface area contributed by atoms with Gasteiger partial charge in [-0.1, -0.05) is 68.4 Å². The smallest absolute Gasteiger partial charge is 0.276 e. The third-order valence-electron chi connectivity index (χ3n) is 9.69. The molecule has 2 atom stereocenters. The zero-order chi connectivity index (χ0) is 31.3. The summed E-state index contributed by atoms with van der Waals surface area (Å²) >= 11 is 0. The van der Waals surface area contributed by atoms with Crippen molar-refractivity contribution in [3.8, 4) is 0 Å². The third-order valence-corrected chi connectivity index (χ3v) is 9.69. The molecule has 1 aliphatic carbocycles. The molecule has 1 N–H and O–H groups in total. The number of Topliss-reactive ketones (excluding diaryl/α,β-unsaturated/α-hetero) is 1. The molecule has 3 heterocycles. The van der Waals surface area contributed by atoms with Crippen LogP contribution in [0.25, 0.3) is 11.0 Å². The summed E-state index contributed by atoms with van der Waals surface area (Å²) in [5, 5.41) is 4.08. The van der Waals surface area contributed by atoms with Crippen molar-refractivity contribution in [1.29, 1.82) is 0 Å². The Hall–Kier alpha value is -4.82. The molecule has 0 amide bonds. The molecule has 0 saturated carbocycles. The van der Waals surface area contributed by atoms with E-state index in [-0.39, 0.29) is 11.3 Å². The summed E-state index contributed by atoms with van der Waals surface area (Å²) in [7, 11) is 4.05. The second kappa shape index (κ2) is 11.3. The van der Waals surface area contributed by atoms with Crippen molar-refractivity contribution >= 4 is 39.8 Å². The van der Waals surface area contributed by atoms with Crippen molar-refractivity contribution < 1.29 is 4.79 Å². The summed E-state index contributed by atoms with van der Waals surface area (Å²) in [6.45, 7) is 6.07. The van der Waals surface area contributed by atoms with Gasteiger partial charge in [-0.25, -0.2) is 4.98 Å². The van der Waals surface area contributed by atoms with Crippen molar-refractivity contribution in [2.24, 2.45) is 5.41 Å². The fourth-order valence-electron chi connectivity index (χ4n) is 6.96. The van der Waals surface area contributed by atoms with Crippen LogP contribution in [-0.4, -0.2) is 52.4 Å². The number of nitrogens with zero attached hydrogens (tertiary/aromatic N) is 5. The van der Waals surface area contributed by atoms with E-state index in [1.54, 1.807) is 10.8 Å². The first-order valence-corrected chi connectivity index (χ1v) is 15.6. The number of carbonyl (C=O) groups is 1. The molecule has 3 aromatic carbocycles. The summed E-state index contributed by atoms with van der Waals surface area (Å²) in [5.41, 5.74) is 4.70. The maximum absolute atomic E-state index is 14.6. The molecule has 2 aliphatic rings. The number of aromatic nitrogens is 3. The molecule has 45 heavy (non-hydrogen) atoms. The highest BCUT2D eigenvalue weighted by molar-refractivity contribution is 6.03. The van der Waals surface area contributed by atoms with E-state index >= 15 is 0 Å². The van der Waals surface area contributed by atoms with Gasteiger partial charge >= 0.3 is 0 Å². The molecule has 5 aromatic rings. The van der Waals surface area contributed by atoms with Gasteiger partial charge in [-0.2, -0.15) is 4.98 Å². The van der Waals surface area contributed by atoms with Crippen LogP contribution in [0.15, 0.2) is 95.9 Å². The summed E-state index contributed by atoms with van der Waals surface area (Å²) in [5.74, 6) is 0.968. The van der Waals surface area contributed by atoms with E-state index in [9.17, 15) is 9.59 Å². The van der Waals surface area contributed by atoms with Crippen LogP contribution >= 0.6 is 0 Å². The van der Waals surface area contributed by atoms with Gasteiger partial charge in [-0.3, -0.25) is 14.2 Å². The Bertz CT molecular complexity index is 1950. The lowest BCUT2D eigenvalue weighted by molar-refractivity contribution is 0.0724. The number of pyridine rings is 1. The number of likely N-dealkylation sites (N-methyl/N-ethyl adjacent to an activating group) is 1. The predicted molar refractivity (Wildman–Crippen MR) is 180 cm³/mol. The maximum atomic E-state index is 14.6. The quantitative estimate of drug-likeness (QED) is 0.232. The molecule has 8 nitrogen and oxygen atoms in total. The SMILES string of the molecule is CN1CCC(c2ccc(Nc3ncc4cc(N(C)c5ccccc5)c(=O)n(C5Cc6ccccc6C(=O)C5(C)C)c4n3)cc2)C1. The van der Waals surface area contributed by atoms with Gasteiger partial charge < -0.3 is 15.1 Å². The van der Waals surface area contributed by atoms with Gasteiger partial charge in [0.05, 0.1) is 6.04 Å². The van der Waals surface area contributed by atoms with E-state index in [0.29, 0.717) is 29.6 Å². The van der Waals surface area contributed by atoms with Crippen molar-refractivity contribution in [2.75, 3.05) is 37.4 Å². The number of hydrogen-bond acceptors (Lipinski definition) is 7. The number of fused-ring (bicyclic) bond motifs is 2. The van der Waals surface area contributed by atoms with Gasteiger partial charge in [0.25, 0.3) is 5.56 Å². The minimum Gasteiger partial charge on any atom is -0.340 e. The lowest BCUT2D eigenvalue weighted by Gasteiger charge is -2.39. The van der Waals surface area contributed by atoms with Crippen molar-refractivity contribution in [2.45, 2.75) is 38.6 Å². The highest BCUT2D eigenvalue weighted by Crippen LogP contribution is 2.43. The zero-order valence-corrected chi connectivity index (χ0v) is 26.2. The third kappa shape index (κ3) is 5.19. The number of likely N-dealkylation sites (tertiary alicyclic amines) is 1. The van der Waals surface area contributed by atoms with Crippen LogP contribution in [-0.2, 0) is 6.42 Å². The monoisotopic (exact) mass is 598 g/mol. The number of benzene rings is 3. The molecule has 2 aromatic heterocycles. The number of anilines is 4. The van der Waals surface area contributed by atoms with Crippen LogP contribution in [0.3, 0.4) is 0 Å². The average molecular weight is 599 g/mol. The van der Waals surface area contributed by atoms with Gasteiger partial charge in [0, 0.05) is 47.5 Å². The summed E-state index contributed by atoms with van der Waals surface area (Å²) < 4.78 is 1.74. The van der Waals surface area contributed by atoms with Gasteiger partial charge in [0.15, 0.2) is 5.78 Å². The fourth-order valence-corrected chi connectivity index (χ4v) is 6.96. The summed E-state index contributed by atoms with van der Waals surface area (Å²) in [4.78, 5) is 42.3. The minimum atomic E-state index is -0.849. The van der Waals surface area contributed by atoms with Gasteiger partial charge in [-0.05, 0) is 73.8 Å². The average Bonchev–Trinajstić information content (AvgIpc) is 3.49. The van der Waals surface area contributed by atoms with E-state index in [1.807, 2.05) is 86.5 Å². The molecule has 1 aliphatic heterocycles. The molecule has 0 spiro atoms. The van der Waals surface area contributed by atoms with Crippen LogP contribution in [0.1, 0.15) is 53.7 Å². The molecule has 2 unspecified atom stereocenters. The van der Waals surface area contributed by atoms with Gasteiger partial charge in [0.2, 0.25) is 5.95 Å². The van der Waals surface area contributed by atoms with E-state index in [4.69, 9.17) is 4.98 Å². The predicted octanol–water partition coefficient (Wildman–Crippen LogP) is 6.73. The van der Waals surface area contributed by atoms with Crippen LogP contribution in [0.4, 0.5) is 23.0 Å². The molecular formula is C37H38N6O2. The van der Waals surface area contributed by atoms with Crippen molar-refractivity contribution in [1.82, 2.24) is 19.4 Å². The molecule has 0 bridgehead atoms. The lowest BCUT2D eigenvalue weighted by atomic mass is 9.69. The molecule has 228 valence electrons. The summed E-state index contributed by atoms with van der Waals surface area (Å²) in [6, 6.07) is 27.4. The first-order chi connectivity index (χ1) is 21.7. The molecule has 8 heteroatoms. The minimum absolute atomic E-state index is 0.0252. The summed E-state index contributed by atoms with van der Waals surface area (Å²) in [6.07, 6.45) is 3.46. The van der Waals surface area contributed by atoms with Crippen molar-refractivity contribution in [3.05, 3.63) is 118 Å². The number of carbonyl (C=O) groups excluding carboxylic acids is 1. The van der Waals surface area contributed by atoms with E-state index < -0.39 is 11.5 Å². The second-order valence-electron chi connectivity index (χ2n) is 13.0. The highest BCUT2D eigenvalue weighted by Gasteiger charge is 2.44.